The maximum atomic E-state index is 12.7. The number of benzene rings is 2. The molecule has 2 aromatic rings. The van der Waals surface area contributed by atoms with Gasteiger partial charge in [0.1, 0.15) is 9.75 Å². The summed E-state index contributed by atoms with van der Waals surface area (Å²) >= 11 is 14.8. The molecule has 0 saturated heterocycles. The van der Waals surface area contributed by atoms with Gasteiger partial charge in [0, 0.05) is 15.7 Å². The molecular weight excluding hydrogens is 420 g/mol. The van der Waals surface area contributed by atoms with Crippen LogP contribution in [0.3, 0.4) is 0 Å². The number of alkyl halides is 2. The van der Waals surface area contributed by atoms with Gasteiger partial charge in [-0.2, -0.15) is 0 Å². The fourth-order valence-corrected chi connectivity index (χ4v) is 3.62. The Morgan fingerprint density at radius 2 is 1.62 bits per heavy atom. The monoisotopic (exact) mass is 431 g/mol. The summed E-state index contributed by atoms with van der Waals surface area (Å²) in [7, 11) is 0. The molecule has 1 fully saturated rings. The summed E-state index contributed by atoms with van der Waals surface area (Å²) in [6.45, 7) is 0. The Hall–Kier alpha value is -0.780. The molecule has 1 aliphatic rings. The van der Waals surface area contributed by atoms with Crippen LogP contribution in [0.15, 0.2) is 54.6 Å². The van der Waals surface area contributed by atoms with Crippen LogP contribution >= 0.6 is 45.8 Å². The van der Waals surface area contributed by atoms with Gasteiger partial charge in [-0.15, -0.1) is 23.2 Å². The first-order valence-electron chi connectivity index (χ1n) is 6.46. The van der Waals surface area contributed by atoms with E-state index in [0.717, 1.165) is 14.8 Å². The molecular formula is C16H12Cl2INO. The molecule has 1 aliphatic carbocycles. The number of rotatable bonds is 3. The van der Waals surface area contributed by atoms with Gasteiger partial charge in [0.05, 0.1) is 0 Å². The average Bonchev–Trinajstić information content (AvgIpc) is 3.07. The minimum atomic E-state index is -1.05. The molecule has 5 heteroatoms. The molecule has 2 aromatic carbocycles. The van der Waals surface area contributed by atoms with E-state index in [-0.39, 0.29) is 5.91 Å². The van der Waals surface area contributed by atoms with Crippen LogP contribution in [0.2, 0.25) is 0 Å². The number of hydrogen-bond donors (Lipinski definition) is 1. The van der Waals surface area contributed by atoms with Crippen molar-refractivity contribution in [1.29, 1.82) is 0 Å². The minimum Gasteiger partial charge on any atom is -0.325 e. The van der Waals surface area contributed by atoms with Crippen molar-refractivity contribution in [2.75, 3.05) is 5.32 Å². The Kier molecular flexibility index (Phi) is 3.93. The normalized spacial score (nSPS) is 22.6. The van der Waals surface area contributed by atoms with Crippen LogP contribution in [-0.2, 0) is 10.2 Å². The van der Waals surface area contributed by atoms with Gasteiger partial charge in [-0.05, 0) is 52.4 Å². The van der Waals surface area contributed by atoms with E-state index in [0.29, 0.717) is 6.42 Å². The summed E-state index contributed by atoms with van der Waals surface area (Å²) < 4.78 is 0.0561. The van der Waals surface area contributed by atoms with Crippen LogP contribution in [0, 0.1) is 3.57 Å². The van der Waals surface area contributed by atoms with Gasteiger partial charge in [0.25, 0.3) is 0 Å². The van der Waals surface area contributed by atoms with Crippen molar-refractivity contribution in [2.45, 2.75) is 16.2 Å². The average molecular weight is 432 g/mol. The highest BCUT2D eigenvalue weighted by molar-refractivity contribution is 14.1. The lowest BCUT2D eigenvalue weighted by atomic mass is 9.94. The van der Waals surface area contributed by atoms with E-state index in [9.17, 15) is 4.79 Å². The number of carbonyl (C=O) groups is 1. The first-order valence-corrected chi connectivity index (χ1v) is 8.29. The summed E-state index contributed by atoms with van der Waals surface area (Å²) in [5.74, 6) is -0.167. The zero-order chi connectivity index (χ0) is 15.1. The van der Waals surface area contributed by atoms with Crippen LogP contribution in [0.4, 0.5) is 5.69 Å². The van der Waals surface area contributed by atoms with E-state index < -0.39 is 9.75 Å². The van der Waals surface area contributed by atoms with E-state index >= 15 is 0 Å². The summed E-state index contributed by atoms with van der Waals surface area (Å²) in [6, 6.07) is 17.1. The lowest BCUT2D eigenvalue weighted by Gasteiger charge is -2.18. The van der Waals surface area contributed by atoms with Crippen molar-refractivity contribution in [3.05, 3.63) is 63.7 Å². The number of hydrogen-bond acceptors (Lipinski definition) is 1. The van der Waals surface area contributed by atoms with Crippen LogP contribution < -0.4 is 5.32 Å². The summed E-state index contributed by atoms with van der Waals surface area (Å²) in [5.41, 5.74) is 0.713. The van der Waals surface area contributed by atoms with Gasteiger partial charge < -0.3 is 5.32 Å². The molecule has 3 rings (SSSR count). The Bertz CT molecular complexity index is 672. The molecule has 1 N–H and O–H groups in total. The standard InChI is InChI=1S/C16H12Cl2INO/c17-16(18)10-15(16,11-4-2-1-3-5-11)14(21)20-13-8-6-12(19)7-9-13/h1-9H,10H2,(H,20,21). The van der Waals surface area contributed by atoms with Crippen LogP contribution in [0.25, 0.3) is 0 Å². The maximum Gasteiger partial charge on any atom is 0.238 e. The molecule has 1 atom stereocenters. The molecule has 21 heavy (non-hydrogen) atoms. The number of amides is 1. The van der Waals surface area contributed by atoms with Crippen molar-refractivity contribution in [3.63, 3.8) is 0 Å². The lowest BCUT2D eigenvalue weighted by Crippen LogP contribution is -2.32. The maximum absolute atomic E-state index is 12.7. The van der Waals surface area contributed by atoms with Gasteiger partial charge in [-0.25, -0.2) is 0 Å². The van der Waals surface area contributed by atoms with Crippen molar-refractivity contribution < 1.29 is 4.79 Å². The highest BCUT2D eigenvalue weighted by Gasteiger charge is 2.72. The van der Waals surface area contributed by atoms with Crippen molar-refractivity contribution in [1.82, 2.24) is 0 Å². The third-order valence-corrected chi connectivity index (χ3v) is 5.37. The molecule has 0 aliphatic heterocycles. The third-order valence-electron chi connectivity index (χ3n) is 3.74. The number of nitrogens with one attached hydrogen (secondary N) is 1. The second-order valence-corrected chi connectivity index (χ2v) is 7.84. The molecule has 1 unspecified atom stereocenters. The van der Waals surface area contributed by atoms with Crippen molar-refractivity contribution in [2.24, 2.45) is 0 Å². The van der Waals surface area contributed by atoms with Gasteiger partial charge >= 0.3 is 0 Å². The predicted molar refractivity (Wildman–Crippen MR) is 95.0 cm³/mol. The summed E-state index contributed by atoms with van der Waals surface area (Å²) in [5, 5.41) is 2.91. The van der Waals surface area contributed by atoms with E-state index in [1.165, 1.54) is 0 Å². The number of halogens is 3. The van der Waals surface area contributed by atoms with Crippen LogP contribution in [0.1, 0.15) is 12.0 Å². The van der Waals surface area contributed by atoms with Crippen molar-refractivity contribution >= 4 is 57.4 Å². The number of anilines is 1. The highest BCUT2D eigenvalue weighted by atomic mass is 127. The Balaban J connectivity index is 1.89. The second-order valence-electron chi connectivity index (χ2n) is 5.11. The highest BCUT2D eigenvalue weighted by Crippen LogP contribution is 2.65. The van der Waals surface area contributed by atoms with Gasteiger partial charge in [-0.3, -0.25) is 4.79 Å². The third kappa shape index (κ3) is 2.67. The molecule has 1 saturated carbocycles. The van der Waals surface area contributed by atoms with Gasteiger partial charge in [-0.1, -0.05) is 30.3 Å². The molecule has 108 valence electrons. The Morgan fingerprint density at radius 1 is 1.05 bits per heavy atom. The first-order chi connectivity index (χ1) is 9.96. The van der Waals surface area contributed by atoms with Crippen LogP contribution in [0.5, 0.6) is 0 Å². The molecule has 0 bridgehead atoms. The van der Waals surface area contributed by atoms with E-state index in [4.69, 9.17) is 23.2 Å². The predicted octanol–water partition coefficient (Wildman–Crippen LogP) is 4.75. The van der Waals surface area contributed by atoms with E-state index in [2.05, 4.69) is 27.9 Å². The van der Waals surface area contributed by atoms with Gasteiger partial charge in [0.2, 0.25) is 5.91 Å². The zero-order valence-corrected chi connectivity index (χ0v) is 14.6. The van der Waals surface area contributed by atoms with E-state index in [1.54, 1.807) is 0 Å². The molecule has 0 radical (unpaired) electrons. The summed E-state index contributed by atoms with van der Waals surface area (Å²) in [6.07, 6.45) is 0.420. The molecule has 0 aromatic heterocycles. The molecule has 2 nitrogen and oxygen atoms in total. The fourth-order valence-electron chi connectivity index (χ4n) is 2.47. The lowest BCUT2D eigenvalue weighted by molar-refractivity contribution is -0.118. The molecule has 0 heterocycles. The zero-order valence-electron chi connectivity index (χ0n) is 10.9. The minimum absolute atomic E-state index is 0.167. The topological polar surface area (TPSA) is 29.1 Å². The largest absolute Gasteiger partial charge is 0.325 e. The number of carbonyl (C=O) groups excluding carboxylic acids is 1. The fraction of sp³-hybridized carbons (Fsp3) is 0.188. The molecule has 1 amide bonds. The van der Waals surface area contributed by atoms with Gasteiger partial charge in [0.15, 0.2) is 0 Å². The molecule has 0 spiro atoms. The van der Waals surface area contributed by atoms with Crippen LogP contribution in [-0.4, -0.2) is 10.2 Å². The quantitative estimate of drug-likeness (QED) is 0.551. The van der Waals surface area contributed by atoms with Crippen molar-refractivity contribution in [3.8, 4) is 0 Å². The Labute approximate surface area is 147 Å². The SMILES string of the molecule is O=C(Nc1ccc(I)cc1)C1(c2ccccc2)CC1(Cl)Cl. The summed E-state index contributed by atoms with van der Waals surface area (Å²) in [4.78, 5) is 12.7. The smallest absolute Gasteiger partial charge is 0.238 e. The first kappa shape index (κ1) is 15.1. The second kappa shape index (κ2) is 5.45. The Morgan fingerprint density at radius 3 is 2.14 bits per heavy atom. The van der Waals surface area contributed by atoms with E-state index in [1.807, 2.05) is 54.6 Å².